The van der Waals surface area contributed by atoms with Crippen LogP contribution in [0.5, 0.6) is 0 Å². The second kappa shape index (κ2) is 5.32. The lowest BCUT2D eigenvalue weighted by Crippen LogP contribution is -2.37. The SMILES string of the molecule is Cc1cc(Cl)ccc1C[C@@H](C(=O)O)N(C)C. The van der Waals surface area contributed by atoms with E-state index in [0.717, 1.165) is 11.1 Å². The van der Waals surface area contributed by atoms with Gasteiger partial charge in [0, 0.05) is 5.02 Å². The minimum atomic E-state index is -0.806. The van der Waals surface area contributed by atoms with E-state index in [1.54, 1.807) is 25.1 Å². The zero-order valence-corrected chi connectivity index (χ0v) is 10.5. The van der Waals surface area contributed by atoms with Crippen molar-refractivity contribution < 1.29 is 9.90 Å². The standard InChI is InChI=1S/C12H16ClNO2/c1-8-6-10(13)5-4-9(8)7-11(12(15)16)14(2)3/h4-6,11H,7H2,1-3H3,(H,15,16)/t11-/m0/s1. The quantitative estimate of drug-likeness (QED) is 0.879. The monoisotopic (exact) mass is 241 g/mol. The number of carbonyl (C=O) groups is 1. The Balaban J connectivity index is 2.90. The topological polar surface area (TPSA) is 40.5 Å². The van der Waals surface area contributed by atoms with Crippen molar-refractivity contribution in [3.05, 3.63) is 34.3 Å². The number of aliphatic carboxylic acids is 1. The van der Waals surface area contributed by atoms with Crippen molar-refractivity contribution in [2.75, 3.05) is 14.1 Å². The molecule has 0 fully saturated rings. The molecule has 0 saturated carbocycles. The molecule has 1 rings (SSSR count). The minimum absolute atomic E-state index is 0.491. The summed E-state index contributed by atoms with van der Waals surface area (Å²) in [6, 6.07) is 5.03. The van der Waals surface area contributed by atoms with Crippen LogP contribution in [0.1, 0.15) is 11.1 Å². The molecule has 0 saturated heterocycles. The van der Waals surface area contributed by atoms with Crippen LogP contribution in [0.2, 0.25) is 5.02 Å². The van der Waals surface area contributed by atoms with Crippen LogP contribution in [0.15, 0.2) is 18.2 Å². The number of benzene rings is 1. The fourth-order valence-corrected chi connectivity index (χ4v) is 1.81. The minimum Gasteiger partial charge on any atom is -0.480 e. The highest BCUT2D eigenvalue weighted by Crippen LogP contribution is 2.17. The zero-order valence-electron chi connectivity index (χ0n) is 9.70. The molecule has 1 atom stereocenters. The third kappa shape index (κ3) is 3.22. The van der Waals surface area contributed by atoms with Gasteiger partial charge in [-0.25, -0.2) is 0 Å². The maximum absolute atomic E-state index is 11.1. The molecule has 0 heterocycles. The molecule has 0 bridgehead atoms. The van der Waals surface area contributed by atoms with Gasteiger partial charge in [0.1, 0.15) is 6.04 Å². The molecule has 0 spiro atoms. The second-order valence-electron chi connectivity index (χ2n) is 4.09. The van der Waals surface area contributed by atoms with Crippen molar-refractivity contribution in [1.29, 1.82) is 0 Å². The number of carboxylic acid groups (broad SMARTS) is 1. The Bertz CT molecular complexity index is 391. The molecule has 0 radical (unpaired) electrons. The van der Waals surface area contributed by atoms with Gasteiger partial charge in [0.15, 0.2) is 0 Å². The first-order valence-corrected chi connectivity index (χ1v) is 5.44. The van der Waals surface area contributed by atoms with Crippen LogP contribution in [0.4, 0.5) is 0 Å². The van der Waals surface area contributed by atoms with E-state index in [9.17, 15) is 4.79 Å². The molecule has 1 N–H and O–H groups in total. The van der Waals surface area contributed by atoms with Gasteiger partial charge < -0.3 is 5.11 Å². The van der Waals surface area contributed by atoms with E-state index < -0.39 is 12.0 Å². The van der Waals surface area contributed by atoms with Crippen LogP contribution in [0.25, 0.3) is 0 Å². The number of likely N-dealkylation sites (N-methyl/N-ethyl adjacent to an activating group) is 1. The van der Waals surface area contributed by atoms with Crippen LogP contribution in [0.3, 0.4) is 0 Å². The number of nitrogens with zero attached hydrogens (tertiary/aromatic N) is 1. The van der Waals surface area contributed by atoms with Gasteiger partial charge in [-0.05, 0) is 50.7 Å². The van der Waals surface area contributed by atoms with E-state index in [4.69, 9.17) is 16.7 Å². The lowest BCUT2D eigenvalue weighted by molar-refractivity contribution is -0.142. The molecule has 0 unspecified atom stereocenters. The van der Waals surface area contributed by atoms with Gasteiger partial charge in [-0.1, -0.05) is 17.7 Å². The molecule has 88 valence electrons. The summed E-state index contributed by atoms with van der Waals surface area (Å²) >= 11 is 5.85. The van der Waals surface area contributed by atoms with Gasteiger partial charge >= 0.3 is 5.97 Å². The highest BCUT2D eigenvalue weighted by molar-refractivity contribution is 6.30. The Labute approximate surface area is 101 Å². The first kappa shape index (κ1) is 13.0. The summed E-state index contributed by atoms with van der Waals surface area (Å²) in [5.41, 5.74) is 2.05. The molecule has 1 aromatic rings. The largest absolute Gasteiger partial charge is 0.480 e. The van der Waals surface area contributed by atoms with Crippen LogP contribution in [-0.2, 0) is 11.2 Å². The van der Waals surface area contributed by atoms with Crippen molar-refractivity contribution in [2.45, 2.75) is 19.4 Å². The Hall–Kier alpha value is -1.06. The van der Waals surface area contributed by atoms with Gasteiger partial charge in [-0.15, -0.1) is 0 Å². The van der Waals surface area contributed by atoms with E-state index in [-0.39, 0.29) is 0 Å². The molecule has 0 aromatic heterocycles. The molecule has 16 heavy (non-hydrogen) atoms. The highest BCUT2D eigenvalue weighted by atomic mass is 35.5. The van der Waals surface area contributed by atoms with Crippen molar-refractivity contribution >= 4 is 17.6 Å². The van der Waals surface area contributed by atoms with Gasteiger partial charge in [0.25, 0.3) is 0 Å². The van der Waals surface area contributed by atoms with Crippen molar-refractivity contribution in [1.82, 2.24) is 4.90 Å². The highest BCUT2D eigenvalue weighted by Gasteiger charge is 2.20. The average Bonchev–Trinajstić information content (AvgIpc) is 2.15. The third-order valence-electron chi connectivity index (χ3n) is 2.63. The van der Waals surface area contributed by atoms with Crippen LogP contribution in [-0.4, -0.2) is 36.1 Å². The predicted molar refractivity (Wildman–Crippen MR) is 65.0 cm³/mol. The predicted octanol–water partition coefficient (Wildman–Crippen LogP) is 2.21. The fourth-order valence-electron chi connectivity index (χ4n) is 1.59. The summed E-state index contributed by atoms with van der Waals surface area (Å²) in [6.07, 6.45) is 0.491. The van der Waals surface area contributed by atoms with Crippen molar-refractivity contribution in [3.8, 4) is 0 Å². The number of carboxylic acids is 1. The summed E-state index contributed by atoms with van der Waals surface area (Å²) < 4.78 is 0. The van der Waals surface area contributed by atoms with E-state index in [1.165, 1.54) is 0 Å². The van der Waals surface area contributed by atoms with Gasteiger partial charge in [0.05, 0.1) is 0 Å². The second-order valence-corrected chi connectivity index (χ2v) is 4.53. The number of hydrogen-bond acceptors (Lipinski definition) is 2. The normalized spacial score (nSPS) is 12.8. The molecular weight excluding hydrogens is 226 g/mol. The lowest BCUT2D eigenvalue weighted by Gasteiger charge is -2.20. The molecular formula is C12H16ClNO2. The van der Waals surface area contributed by atoms with Crippen molar-refractivity contribution in [2.24, 2.45) is 0 Å². The molecule has 4 heteroatoms. The van der Waals surface area contributed by atoms with E-state index in [0.29, 0.717) is 11.4 Å². The Morgan fingerprint density at radius 2 is 2.12 bits per heavy atom. The van der Waals surface area contributed by atoms with Crippen LogP contribution >= 0.6 is 11.6 Å². The average molecular weight is 242 g/mol. The summed E-state index contributed by atoms with van der Waals surface area (Å²) in [6.45, 7) is 1.94. The maximum Gasteiger partial charge on any atom is 0.321 e. The van der Waals surface area contributed by atoms with Gasteiger partial charge in [0.2, 0.25) is 0 Å². The smallest absolute Gasteiger partial charge is 0.321 e. The summed E-state index contributed by atoms with van der Waals surface area (Å²) in [7, 11) is 3.54. The number of hydrogen-bond donors (Lipinski definition) is 1. The third-order valence-corrected chi connectivity index (χ3v) is 2.86. The Kier molecular flexibility index (Phi) is 4.33. The number of aryl methyl sites for hydroxylation is 1. The summed E-state index contributed by atoms with van der Waals surface area (Å²) in [5.74, 6) is -0.806. The van der Waals surface area contributed by atoms with Gasteiger partial charge in [-0.3, -0.25) is 9.69 Å². The Morgan fingerprint density at radius 3 is 2.56 bits per heavy atom. The summed E-state index contributed by atoms with van der Waals surface area (Å²) in [5, 5.41) is 9.76. The molecule has 0 aliphatic heterocycles. The first-order valence-electron chi connectivity index (χ1n) is 5.06. The van der Waals surface area contributed by atoms with E-state index in [2.05, 4.69) is 0 Å². The maximum atomic E-state index is 11.1. The number of halogens is 1. The zero-order chi connectivity index (χ0) is 12.3. The van der Waals surface area contributed by atoms with Crippen LogP contribution in [0, 0.1) is 6.92 Å². The first-order chi connectivity index (χ1) is 7.41. The molecule has 1 aromatic carbocycles. The van der Waals surface area contributed by atoms with Crippen LogP contribution < -0.4 is 0 Å². The van der Waals surface area contributed by atoms with Gasteiger partial charge in [-0.2, -0.15) is 0 Å². The molecule has 3 nitrogen and oxygen atoms in total. The van der Waals surface area contributed by atoms with Crippen molar-refractivity contribution in [3.63, 3.8) is 0 Å². The van der Waals surface area contributed by atoms with E-state index >= 15 is 0 Å². The molecule has 0 amide bonds. The summed E-state index contributed by atoms with van der Waals surface area (Å²) in [4.78, 5) is 12.8. The Morgan fingerprint density at radius 1 is 1.50 bits per heavy atom. The number of rotatable bonds is 4. The molecule has 0 aliphatic rings. The fraction of sp³-hybridized carbons (Fsp3) is 0.417. The lowest BCUT2D eigenvalue weighted by atomic mass is 10.0. The van der Waals surface area contributed by atoms with E-state index in [1.807, 2.05) is 19.1 Å². The molecule has 0 aliphatic carbocycles.